The summed E-state index contributed by atoms with van der Waals surface area (Å²) >= 11 is 7.31. The van der Waals surface area contributed by atoms with E-state index >= 15 is 0 Å². The van der Waals surface area contributed by atoms with E-state index in [1.807, 2.05) is 33.8 Å². The average Bonchev–Trinajstić information content (AvgIpc) is 2.71. The molecule has 1 aromatic rings. The largest absolute Gasteiger partial charge is 0.491 e. The number of rotatable bonds is 5. The smallest absolute Gasteiger partial charge is 0.400 e. The monoisotopic (exact) mass is 380 g/mol. The van der Waals surface area contributed by atoms with Gasteiger partial charge >= 0.3 is 7.12 Å². The molecule has 7 heteroatoms. The predicted molar refractivity (Wildman–Crippen MR) is 104 cm³/mol. The van der Waals surface area contributed by atoms with Crippen molar-refractivity contribution in [1.29, 1.82) is 0 Å². The number of thioether (sulfide) groups is 1. The molecule has 0 unspecified atom stereocenters. The third-order valence-corrected chi connectivity index (χ3v) is 5.71. The Bertz CT molecular complexity index is 699. The van der Waals surface area contributed by atoms with Gasteiger partial charge in [-0.1, -0.05) is 35.5 Å². The summed E-state index contributed by atoms with van der Waals surface area (Å²) in [5.41, 5.74) is 1.18. The highest BCUT2D eigenvalue weighted by Crippen LogP contribution is 2.39. The van der Waals surface area contributed by atoms with Crippen molar-refractivity contribution >= 4 is 48.0 Å². The second-order valence-electron chi connectivity index (χ2n) is 6.99. The molecular weight excluding hydrogens is 359 g/mol. The van der Waals surface area contributed by atoms with Gasteiger partial charge in [0.15, 0.2) is 11.4 Å². The molecule has 2 rings (SSSR count). The number of aldehydes is 1. The summed E-state index contributed by atoms with van der Waals surface area (Å²) < 4.78 is 12.2. The highest BCUT2D eigenvalue weighted by atomic mass is 35.5. The van der Waals surface area contributed by atoms with Gasteiger partial charge in [-0.05, 0) is 50.9 Å². The van der Waals surface area contributed by atoms with Crippen LogP contribution in [-0.4, -0.2) is 35.5 Å². The molecule has 1 aliphatic rings. The first kappa shape index (κ1) is 20.2. The fourth-order valence-electron chi connectivity index (χ4n) is 2.30. The van der Waals surface area contributed by atoms with E-state index in [4.69, 9.17) is 20.9 Å². The van der Waals surface area contributed by atoms with Crippen molar-refractivity contribution in [2.24, 2.45) is 0 Å². The summed E-state index contributed by atoms with van der Waals surface area (Å²) in [6.45, 7) is 9.47. The maximum atomic E-state index is 11.4. The van der Waals surface area contributed by atoms with Crippen LogP contribution in [-0.2, 0) is 14.1 Å². The van der Waals surface area contributed by atoms with E-state index in [1.165, 1.54) is 18.7 Å². The van der Waals surface area contributed by atoms with Crippen LogP contribution >= 0.6 is 23.4 Å². The molecule has 0 aliphatic carbocycles. The molecule has 0 radical (unpaired) electrons. The summed E-state index contributed by atoms with van der Waals surface area (Å²) in [5.74, 6) is 0.458. The summed E-state index contributed by atoms with van der Waals surface area (Å²) in [4.78, 5) is 22.3. The van der Waals surface area contributed by atoms with Gasteiger partial charge in [-0.3, -0.25) is 9.59 Å². The molecule has 0 spiro atoms. The van der Waals surface area contributed by atoms with E-state index in [2.05, 4.69) is 0 Å². The molecular formula is C18H22BClO4S. The van der Waals surface area contributed by atoms with Crippen LogP contribution < -0.4 is 0 Å². The van der Waals surface area contributed by atoms with Crippen LogP contribution in [0, 0.1) is 0 Å². The van der Waals surface area contributed by atoms with Gasteiger partial charge in [0.25, 0.3) is 0 Å². The zero-order valence-electron chi connectivity index (χ0n) is 15.1. The average molecular weight is 381 g/mol. The molecule has 0 saturated carbocycles. The molecule has 4 nitrogen and oxygen atoms in total. The first-order valence-corrected chi connectivity index (χ1v) is 9.36. The van der Waals surface area contributed by atoms with Gasteiger partial charge < -0.3 is 9.31 Å². The zero-order chi connectivity index (χ0) is 18.8. The van der Waals surface area contributed by atoms with Crippen molar-refractivity contribution in [2.75, 3.05) is 5.75 Å². The van der Waals surface area contributed by atoms with Crippen molar-refractivity contribution in [1.82, 2.24) is 0 Å². The van der Waals surface area contributed by atoms with Crippen molar-refractivity contribution in [3.05, 3.63) is 39.8 Å². The molecule has 25 heavy (non-hydrogen) atoms. The zero-order valence-corrected chi connectivity index (χ0v) is 16.7. The Kier molecular flexibility index (Phi) is 6.20. The Hall–Kier alpha value is -1.08. The molecule has 0 aromatic heterocycles. The molecule has 134 valence electrons. The number of carbonyl (C=O) groups excluding carboxylic acids is 2. The molecule has 0 bridgehead atoms. The summed E-state index contributed by atoms with van der Waals surface area (Å²) in [6.07, 6.45) is 2.62. The first-order valence-electron chi connectivity index (χ1n) is 8.00. The second-order valence-corrected chi connectivity index (χ2v) is 8.55. The molecule has 0 N–H and O–H groups in total. The van der Waals surface area contributed by atoms with Gasteiger partial charge in [-0.2, -0.15) is 0 Å². The summed E-state index contributed by atoms with van der Waals surface area (Å²) in [5, 5.41) is 0.410. The third kappa shape index (κ3) is 4.76. The highest BCUT2D eigenvalue weighted by Gasteiger charge is 2.52. The Balaban J connectivity index is 2.34. The number of hydrogen-bond acceptors (Lipinski definition) is 5. The standard InChI is InChI=1S/C18H22BClO4S/c1-12(22)25-11-15(19-23-17(2,3)18(4,5)24-19)8-13-6-7-14(10-21)16(20)9-13/h6-10H,11H2,1-5H3. The maximum absolute atomic E-state index is 11.4. The van der Waals surface area contributed by atoms with Gasteiger partial charge in [0.05, 0.1) is 16.2 Å². The lowest BCUT2D eigenvalue weighted by molar-refractivity contribution is -0.109. The number of halogens is 1. The van der Waals surface area contributed by atoms with E-state index < -0.39 is 18.3 Å². The molecule has 0 amide bonds. The van der Waals surface area contributed by atoms with Crippen molar-refractivity contribution in [2.45, 2.75) is 45.8 Å². The minimum absolute atomic E-state index is 0.0248. The van der Waals surface area contributed by atoms with Crippen LogP contribution in [0.4, 0.5) is 0 Å². The molecule has 0 atom stereocenters. The summed E-state index contributed by atoms with van der Waals surface area (Å²) in [7, 11) is -0.540. The molecule has 1 fully saturated rings. The molecule has 1 saturated heterocycles. The van der Waals surface area contributed by atoms with Crippen LogP contribution in [0.2, 0.25) is 5.02 Å². The third-order valence-electron chi connectivity index (χ3n) is 4.50. The molecule has 1 aliphatic heterocycles. The maximum Gasteiger partial charge on any atom is 0.491 e. The van der Waals surface area contributed by atoms with Crippen LogP contribution in [0.5, 0.6) is 0 Å². The van der Waals surface area contributed by atoms with Crippen LogP contribution in [0.3, 0.4) is 0 Å². The second kappa shape index (κ2) is 7.66. The number of hydrogen-bond donors (Lipinski definition) is 0. The van der Waals surface area contributed by atoms with E-state index in [1.54, 1.807) is 18.2 Å². The van der Waals surface area contributed by atoms with Crippen molar-refractivity contribution in [3.63, 3.8) is 0 Å². The van der Waals surface area contributed by atoms with Gasteiger partial charge in [0.2, 0.25) is 0 Å². The van der Waals surface area contributed by atoms with Gasteiger partial charge in [0.1, 0.15) is 0 Å². The van der Waals surface area contributed by atoms with Crippen molar-refractivity contribution < 1.29 is 18.9 Å². The predicted octanol–water partition coefficient (Wildman–Crippen LogP) is 4.45. The summed E-state index contributed by atoms with van der Waals surface area (Å²) in [6, 6.07) is 5.19. The Labute approximate surface area is 158 Å². The fraction of sp³-hybridized carbons (Fsp3) is 0.444. The van der Waals surface area contributed by atoms with Gasteiger partial charge in [-0.15, -0.1) is 0 Å². The highest BCUT2D eigenvalue weighted by molar-refractivity contribution is 8.13. The SMILES string of the molecule is CC(=O)SCC(=Cc1ccc(C=O)c(Cl)c1)B1OC(C)(C)C(C)(C)O1. The molecule has 1 aromatic carbocycles. The van der Waals surface area contributed by atoms with Gasteiger partial charge in [-0.25, -0.2) is 0 Å². The van der Waals surface area contributed by atoms with Crippen LogP contribution in [0.25, 0.3) is 6.08 Å². The van der Waals surface area contributed by atoms with E-state index in [9.17, 15) is 9.59 Å². The minimum atomic E-state index is -0.540. The Morgan fingerprint density at radius 1 is 1.24 bits per heavy atom. The first-order chi connectivity index (χ1) is 11.6. The Morgan fingerprint density at radius 3 is 2.32 bits per heavy atom. The van der Waals surface area contributed by atoms with E-state index in [0.717, 1.165) is 17.3 Å². The van der Waals surface area contributed by atoms with E-state index in [-0.39, 0.29) is 5.12 Å². The lowest BCUT2D eigenvalue weighted by atomic mass is 9.78. The fourth-order valence-corrected chi connectivity index (χ4v) is 3.12. The quantitative estimate of drug-likeness (QED) is 0.558. The Morgan fingerprint density at radius 2 is 1.84 bits per heavy atom. The van der Waals surface area contributed by atoms with Crippen molar-refractivity contribution in [3.8, 4) is 0 Å². The molecule has 1 heterocycles. The van der Waals surface area contributed by atoms with Crippen LogP contribution in [0.15, 0.2) is 23.7 Å². The topological polar surface area (TPSA) is 52.6 Å². The lowest BCUT2D eigenvalue weighted by Gasteiger charge is -2.32. The lowest BCUT2D eigenvalue weighted by Crippen LogP contribution is -2.41. The number of carbonyl (C=O) groups is 2. The van der Waals surface area contributed by atoms with Crippen LogP contribution in [0.1, 0.15) is 50.5 Å². The normalized spacial score (nSPS) is 19.1. The van der Waals surface area contributed by atoms with Gasteiger partial charge in [0, 0.05) is 18.2 Å². The number of benzene rings is 1. The minimum Gasteiger partial charge on any atom is -0.400 e. The van der Waals surface area contributed by atoms with E-state index in [0.29, 0.717) is 16.3 Å².